The third kappa shape index (κ3) is 4.99. The number of rotatable bonds is 6. The van der Waals surface area contributed by atoms with Crippen LogP contribution in [0.5, 0.6) is 0 Å². The van der Waals surface area contributed by atoms with E-state index < -0.39 is 0 Å². The molecule has 1 N–H and O–H groups in total. The predicted molar refractivity (Wildman–Crippen MR) is 86.9 cm³/mol. The zero-order chi connectivity index (χ0) is 15.3. The van der Waals surface area contributed by atoms with Crippen molar-refractivity contribution in [2.45, 2.75) is 54.0 Å². The molecular formula is C18H29NO. The molecule has 0 saturated carbocycles. The van der Waals surface area contributed by atoms with Crippen molar-refractivity contribution in [3.8, 4) is 0 Å². The van der Waals surface area contributed by atoms with Crippen molar-refractivity contribution < 1.29 is 4.79 Å². The van der Waals surface area contributed by atoms with Gasteiger partial charge in [0.2, 0.25) is 0 Å². The molecule has 0 radical (unpaired) electrons. The Morgan fingerprint density at radius 3 is 2.10 bits per heavy atom. The molecule has 2 nitrogen and oxygen atoms in total. The summed E-state index contributed by atoms with van der Waals surface area (Å²) < 4.78 is 0. The van der Waals surface area contributed by atoms with Crippen LogP contribution in [0.3, 0.4) is 0 Å². The molecule has 0 spiro atoms. The van der Waals surface area contributed by atoms with Crippen molar-refractivity contribution in [1.82, 2.24) is 0 Å². The molecule has 0 aromatic heterocycles. The van der Waals surface area contributed by atoms with Crippen LogP contribution in [0.2, 0.25) is 0 Å². The van der Waals surface area contributed by atoms with Gasteiger partial charge in [-0.3, -0.25) is 4.79 Å². The van der Waals surface area contributed by atoms with Crippen LogP contribution in [0.4, 0.5) is 5.69 Å². The first-order valence-electron chi connectivity index (χ1n) is 7.57. The van der Waals surface area contributed by atoms with E-state index in [-0.39, 0.29) is 17.2 Å². The zero-order valence-electron chi connectivity index (χ0n) is 13.7. The van der Waals surface area contributed by atoms with Gasteiger partial charge in [-0.2, -0.15) is 0 Å². The molecular weight excluding hydrogens is 246 g/mol. The smallest absolute Gasteiger partial charge is 0.160 e. The first-order valence-corrected chi connectivity index (χ1v) is 7.57. The van der Waals surface area contributed by atoms with Crippen LogP contribution >= 0.6 is 0 Å². The van der Waals surface area contributed by atoms with E-state index in [1.54, 1.807) is 0 Å². The number of benzene rings is 1. The molecule has 0 fully saturated rings. The summed E-state index contributed by atoms with van der Waals surface area (Å²) in [6.07, 6.45) is 1.05. The lowest BCUT2D eigenvalue weighted by Crippen LogP contribution is -2.42. The number of Topliss-reactive ketones (excluding diaryl/α,β-unsaturated/α-hetero) is 1. The van der Waals surface area contributed by atoms with Crippen LogP contribution in [0, 0.1) is 17.3 Å². The quantitative estimate of drug-likeness (QED) is 0.810. The number of para-hydroxylation sites is 1. The number of ketones is 1. The molecule has 20 heavy (non-hydrogen) atoms. The number of hydrogen-bond donors (Lipinski definition) is 1. The van der Waals surface area contributed by atoms with E-state index in [1.807, 2.05) is 51.1 Å². The van der Waals surface area contributed by atoms with E-state index in [9.17, 15) is 4.79 Å². The molecule has 0 aliphatic heterocycles. The van der Waals surface area contributed by atoms with Crippen molar-refractivity contribution in [1.29, 1.82) is 0 Å². The fourth-order valence-electron chi connectivity index (χ4n) is 2.53. The maximum atomic E-state index is 12.7. The molecule has 0 heterocycles. The average molecular weight is 275 g/mol. The fourth-order valence-corrected chi connectivity index (χ4v) is 2.53. The second-order valence-corrected chi connectivity index (χ2v) is 7.21. The van der Waals surface area contributed by atoms with Gasteiger partial charge in [0, 0.05) is 11.1 Å². The molecule has 1 aromatic carbocycles. The summed E-state index contributed by atoms with van der Waals surface area (Å²) in [5.41, 5.74) is 0.697. The first-order chi connectivity index (χ1) is 9.21. The SMILES string of the molecule is CC(C)C[C@H](C)[C@H](Nc1ccccc1)C(=O)C(C)(C)C. The topological polar surface area (TPSA) is 29.1 Å². The zero-order valence-corrected chi connectivity index (χ0v) is 13.7. The van der Waals surface area contributed by atoms with Gasteiger partial charge in [0.05, 0.1) is 6.04 Å². The standard InChI is InChI=1S/C18H29NO/c1-13(2)12-14(3)16(17(20)18(4,5)6)19-15-10-8-7-9-11-15/h7-11,13-14,16,19H,12H2,1-6H3/t14-,16-/m0/s1. The highest BCUT2D eigenvalue weighted by molar-refractivity contribution is 5.91. The van der Waals surface area contributed by atoms with Crippen molar-refractivity contribution >= 4 is 11.5 Å². The Hall–Kier alpha value is -1.31. The minimum absolute atomic E-state index is 0.125. The van der Waals surface area contributed by atoms with E-state index in [0.717, 1.165) is 12.1 Å². The van der Waals surface area contributed by atoms with Gasteiger partial charge in [0.1, 0.15) is 0 Å². The molecule has 112 valence electrons. The third-order valence-electron chi connectivity index (χ3n) is 3.53. The Balaban J connectivity index is 2.92. The minimum Gasteiger partial charge on any atom is -0.375 e. The summed E-state index contributed by atoms with van der Waals surface area (Å²) in [6, 6.07) is 9.89. The Kier molecular flexibility index (Phi) is 5.79. The van der Waals surface area contributed by atoms with Crippen LogP contribution < -0.4 is 5.32 Å². The molecule has 0 aliphatic carbocycles. The van der Waals surface area contributed by atoms with Crippen molar-refractivity contribution in [2.75, 3.05) is 5.32 Å². The fraction of sp³-hybridized carbons (Fsp3) is 0.611. The van der Waals surface area contributed by atoms with Crippen LogP contribution in [0.1, 0.15) is 48.0 Å². The molecule has 0 saturated heterocycles. The second kappa shape index (κ2) is 6.92. The largest absolute Gasteiger partial charge is 0.375 e. The van der Waals surface area contributed by atoms with Crippen LogP contribution in [-0.2, 0) is 4.79 Å². The van der Waals surface area contributed by atoms with Gasteiger partial charge in [-0.1, -0.05) is 59.7 Å². The van der Waals surface area contributed by atoms with E-state index in [4.69, 9.17) is 0 Å². The van der Waals surface area contributed by atoms with Crippen LogP contribution in [-0.4, -0.2) is 11.8 Å². The molecule has 1 aromatic rings. The highest BCUT2D eigenvalue weighted by atomic mass is 16.1. The summed E-state index contributed by atoms with van der Waals surface area (Å²) in [6.45, 7) is 12.6. The highest BCUT2D eigenvalue weighted by Crippen LogP contribution is 2.26. The molecule has 1 rings (SSSR count). The maximum absolute atomic E-state index is 12.7. The number of hydrogen-bond acceptors (Lipinski definition) is 2. The minimum atomic E-state index is -0.322. The molecule has 0 bridgehead atoms. The lowest BCUT2D eigenvalue weighted by Gasteiger charge is -2.31. The van der Waals surface area contributed by atoms with Crippen molar-refractivity contribution in [2.24, 2.45) is 17.3 Å². The van der Waals surface area contributed by atoms with Crippen LogP contribution in [0.25, 0.3) is 0 Å². The summed E-state index contributed by atoms with van der Waals surface area (Å²) in [5, 5.41) is 3.44. The third-order valence-corrected chi connectivity index (χ3v) is 3.53. The van der Waals surface area contributed by atoms with Gasteiger partial charge in [-0.05, 0) is 30.4 Å². The lowest BCUT2D eigenvalue weighted by atomic mass is 9.79. The van der Waals surface area contributed by atoms with Gasteiger partial charge in [0.15, 0.2) is 5.78 Å². The Morgan fingerprint density at radius 2 is 1.65 bits per heavy atom. The van der Waals surface area contributed by atoms with Crippen LogP contribution in [0.15, 0.2) is 30.3 Å². The van der Waals surface area contributed by atoms with Gasteiger partial charge in [0.25, 0.3) is 0 Å². The van der Waals surface area contributed by atoms with E-state index in [1.165, 1.54) is 0 Å². The Morgan fingerprint density at radius 1 is 1.10 bits per heavy atom. The molecule has 0 amide bonds. The highest BCUT2D eigenvalue weighted by Gasteiger charge is 2.33. The number of anilines is 1. The summed E-state index contributed by atoms with van der Waals surface area (Å²) in [5.74, 6) is 1.20. The number of carbonyl (C=O) groups excluding carboxylic acids is 1. The molecule has 2 atom stereocenters. The Bertz CT molecular complexity index is 417. The first kappa shape index (κ1) is 16.7. The molecule has 0 unspecified atom stereocenters. The number of nitrogens with one attached hydrogen (secondary N) is 1. The van der Waals surface area contributed by atoms with Gasteiger partial charge < -0.3 is 5.32 Å². The lowest BCUT2D eigenvalue weighted by molar-refractivity contribution is -0.128. The van der Waals surface area contributed by atoms with E-state index in [0.29, 0.717) is 11.8 Å². The monoisotopic (exact) mass is 275 g/mol. The average Bonchev–Trinajstić information content (AvgIpc) is 2.34. The molecule has 0 aliphatic rings. The summed E-state index contributed by atoms with van der Waals surface area (Å²) in [4.78, 5) is 12.7. The van der Waals surface area contributed by atoms with Crippen molar-refractivity contribution in [3.05, 3.63) is 30.3 Å². The van der Waals surface area contributed by atoms with Gasteiger partial charge in [-0.15, -0.1) is 0 Å². The summed E-state index contributed by atoms with van der Waals surface area (Å²) >= 11 is 0. The van der Waals surface area contributed by atoms with E-state index in [2.05, 4.69) is 26.1 Å². The maximum Gasteiger partial charge on any atom is 0.160 e. The summed E-state index contributed by atoms with van der Waals surface area (Å²) in [7, 11) is 0. The van der Waals surface area contributed by atoms with Crippen molar-refractivity contribution in [3.63, 3.8) is 0 Å². The Labute approximate surface area is 124 Å². The normalized spacial score (nSPS) is 14.9. The number of carbonyl (C=O) groups is 1. The molecule has 2 heteroatoms. The predicted octanol–water partition coefficient (Wildman–Crippen LogP) is 4.76. The van der Waals surface area contributed by atoms with Gasteiger partial charge in [-0.25, -0.2) is 0 Å². The van der Waals surface area contributed by atoms with Gasteiger partial charge >= 0.3 is 0 Å². The van der Waals surface area contributed by atoms with E-state index >= 15 is 0 Å². The second-order valence-electron chi connectivity index (χ2n) is 7.21.